The summed E-state index contributed by atoms with van der Waals surface area (Å²) in [7, 11) is 0. The van der Waals surface area contributed by atoms with E-state index in [2.05, 4.69) is 33.4 Å². The lowest BCUT2D eigenvalue weighted by atomic mass is 9.53. The van der Waals surface area contributed by atoms with Gasteiger partial charge in [0.25, 0.3) is 0 Å². The molecule has 0 aromatic carbocycles. The van der Waals surface area contributed by atoms with E-state index in [1.807, 2.05) is 0 Å². The van der Waals surface area contributed by atoms with Crippen LogP contribution in [0.2, 0.25) is 0 Å². The predicted molar refractivity (Wildman–Crippen MR) is 66.7 cm³/mol. The normalized spacial score (nSPS) is 39.7. The molecule has 0 spiro atoms. The van der Waals surface area contributed by atoms with Crippen LogP contribution < -0.4 is 0 Å². The molecule has 2 aliphatic rings. The van der Waals surface area contributed by atoms with E-state index in [1.54, 1.807) is 11.1 Å². The van der Waals surface area contributed by atoms with Crippen molar-refractivity contribution in [1.82, 2.24) is 0 Å². The van der Waals surface area contributed by atoms with Crippen molar-refractivity contribution in [3.63, 3.8) is 0 Å². The van der Waals surface area contributed by atoms with Gasteiger partial charge in [0.15, 0.2) is 0 Å². The monoisotopic (exact) mass is 204 g/mol. The van der Waals surface area contributed by atoms with Gasteiger partial charge in [-0.25, -0.2) is 0 Å². The van der Waals surface area contributed by atoms with Gasteiger partial charge < -0.3 is 0 Å². The van der Waals surface area contributed by atoms with Crippen LogP contribution in [0.3, 0.4) is 0 Å². The third kappa shape index (κ3) is 1.79. The summed E-state index contributed by atoms with van der Waals surface area (Å²) in [4.78, 5) is 0. The first-order valence-corrected chi connectivity index (χ1v) is 6.42. The zero-order chi connectivity index (χ0) is 11.0. The number of fused-ring (bicyclic) bond motifs is 1. The van der Waals surface area contributed by atoms with Crippen LogP contribution in [-0.2, 0) is 0 Å². The highest BCUT2D eigenvalue weighted by atomic mass is 14.5. The molecule has 2 rings (SSSR count). The molecule has 0 heteroatoms. The zero-order valence-electron chi connectivity index (χ0n) is 10.4. The third-order valence-corrected chi connectivity index (χ3v) is 4.82. The van der Waals surface area contributed by atoms with Crippen molar-refractivity contribution < 1.29 is 0 Å². The Morgan fingerprint density at radius 3 is 2.73 bits per heavy atom. The Morgan fingerprint density at radius 2 is 2.13 bits per heavy atom. The van der Waals surface area contributed by atoms with Gasteiger partial charge in [-0.2, -0.15) is 0 Å². The fourth-order valence-electron chi connectivity index (χ4n) is 3.87. The topological polar surface area (TPSA) is 0 Å². The second-order valence-electron chi connectivity index (χ2n) is 5.69. The standard InChI is InChI=1S/C15H24/c1-5-6-7-14-12(4)10(2)8-13-9-11(3)15(13)14/h5,11,13-15H,1,6-9H2,2-4H3. The molecule has 15 heavy (non-hydrogen) atoms. The molecule has 1 saturated carbocycles. The van der Waals surface area contributed by atoms with Gasteiger partial charge in [0.2, 0.25) is 0 Å². The first kappa shape index (κ1) is 11.0. The van der Waals surface area contributed by atoms with E-state index < -0.39 is 0 Å². The van der Waals surface area contributed by atoms with Crippen molar-refractivity contribution in [2.45, 2.75) is 46.5 Å². The first-order chi connectivity index (χ1) is 7.15. The molecular formula is C15H24. The van der Waals surface area contributed by atoms with Crippen LogP contribution in [0.5, 0.6) is 0 Å². The molecule has 2 aliphatic carbocycles. The molecular weight excluding hydrogens is 180 g/mol. The van der Waals surface area contributed by atoms with Crippen molar-refractivity contribution >= 4 is 0 Å². The molecule has 0 amide bonds. The zero-order valence-corrected chi connectivity index (χ0v) is 10.4. The molecule has 0 aromatic rings. The SMILES string of the molecule is C=CCCC1C(C)=C(C)CC2CC(C)C21. The smallest absolute Gasteiger partial charge is 0.0167 e. The molecule has 0 aromatic heterocycles. The first-order valence-electron chi connectivity index (χ1n) is 6.42. The van der Waals surface area contributed by atoms with Crippen LogP contribution in [0.15, 0.2) is 23.8 Å². The summed E-state index contributed by atoms with van der Waals surface area (Å²) in [6.45, 7) is 11.0. The maximum absolute atomic E-state index is 3.85. The van der Waals surface area contributed by atoms with Gasteiger partial charge in [-0.1, -0.05) is 24.1 Å². The molecule has 0 heterocycles. The summed E-state index contributed by atoms with van der Waals surface area (Å²) in [5.41, 5.74) is 3.38. The maximum atomic E-state index is 3.85. The number of rotatable bonds is 3. The molecule has 0 bridgehead atoms. The summed E-state index contributed by atoms with van der Waals surface area (Å²) in [6.07, 6.45) is 7.45. The Bertz CT molecular complexity index is 284. The van der Waals surface area contributed by atoms with Crippen molar-refractivity contribution in [3.8, 4) is 0 Å². The minimum Gasteiger partial charge on any atom is -0.103 e. The number of hydrogen-bond acceptors (Lipinski definition) is 0. The molecule has 0 nitrogen and oxygen atoms in total. The average Bonchev–Trinajstić information content (AvgIpc) is 2.20. The van der Waals surface area contributed by atoms with Crippen LogP contribution in [0.4, 0.5) is 0 Å². The van der Waals surface area contributed by atoms with Crippen LogP contribution >= 0.6 is 0 Å². The third-order valence-electron chi connectivity index (χ3n) is 4.82. The molecule has 0 aliphatic heterocycles. The lowest BCUT2D eigenvalue weighted by molar-refractivity contribution is 0.0291. The second kappa shape index (κ2) is 4.15. The van der Waals surface area contributed by atoms with E-state index in [0.29, 0.717) is 0 Å². The van der Waals surface area contributed by atoms with E-state index in [9.17, 15) is 0 Å². The fraction of sp³-hybridized carbons (Fsp3) is 0.733. The Balaban J connectivity index is 2.14. The Hall–Kier alpha value is -0.520. The minimum absolute atomic E-state index is 0.866. The molecule has 0 saturated heterocycles. The van der Waals surface area contributed by atoms with Crippen molar-refractivity contribution in [3.05, 3.63) is 23.8 Å². The summed E-state index contributed by atoms with van der Waals surface area (Å²) in [6, 6.07) is 0. The van der Waals surface area contributed by atoms with Crippen molar-refractivity contribution in [2.75, 3.05) is 0 Å². The van der Waals surface area contributed by atoms with Crippen LogP contribution in [-0.4, -0.2) is 0 Å². The van der Waals surface area contributed by atoms with Crippen molar-refractivity contribution in [1.29, 1.82) is 0 Å². The van der Waals surface area contributed by atoms with Crippen molar-refractivity contribution in [2.24, 2.45) is 23.7 Å². The largest absolute Gasteiger partial charge is 0.103 e. The van der Waals surface area contributed by atoms with Gasteiger partial charge in [-0.3, -0.25) is 0 Å². The highest BCUT2D eigenvalue weighted by Gasteiger charge is 2.45. The van der Waals surface area contributed by atoms with E-state index in [1.165, 1.54) is 25.7 Å². The van der Waals surface area contributed by atoms with Gasteiger partial charge in [-0.15, -0.1) is 6.58 Å². The van der Waals surface area contributed by atoms with Crippen LogP contribution in [0, 0.1) is 23.7 Å². The van der Waals surface area contributed by atoms with E-state index in [4.69, 9.17) is 0 Å². The highest BCUT2D eigenvalue weighted by molar-refractivity contribution is 5.22. The molecule has 1 fully saturated rings. The summed E-state index contributed by atoms with van der Waals surface area (Å²) in [5.74, 6) is 3.84. The Morgan fingerprint density at radius 1 is 1.40 bits per heavy atom. The second-order valence-corrected chi connectivity index (χ2v) is 5.69. The quantitative estimate of drug-likeness (QED) is 0.590. The lowest BCUT2D eigenvalue weighted by Gasteiger charge is -2.52. The fourth-order valence-corrected chi connectivity index (χ4v) is 3.87. The van der Waals surface area contributed by atoms with E-state index >= 15 is 0 Å². The number of hydrogen-bond donors (Lipinski definition) is 0. The average molecular weight is 204 g/mol. The highest BCUT2D eigenvalue weighted by Crippen LogP contribution is 2.54. The molecule has 84 valence electrons. The van der Waals surface area contributed by atoms with E-state index in [0.717, 1.165) is 23.7 Å². The summed E-state index contributed by atoms with van der Waals surface area (Å²) < 4.78 is 0. The number of allylic oxidation sites excluding steroid dienone is 3. The molecule has 4 unspecified atom stereocenters. The molecule has 0 N–H and O–H groups in total. The minimum atomic E-state index is 0.866. The molecule has 0 radical (unpaired) electrons. The van der Waals surface area contributed by atoms with Gasteiger partial charge >= 0.3 is 0 Å². The maximum Gasteiger partial charge on any atom is -0.0167 e. The van der Waals surface area contributed by atoms with Gasteiger partial charge in [-0.05, 0) is 63.2 Å². The van der Waals surface area contributed by atoms with Crippen LogP contribution in [0.1, 0.15) is 46.5 Å². The van der Waals surface area contributed by atoms with Gasteiger partial charge in [0.05, 0.1) is 0 Å². The van der Waals surface area contributed by atoms with Crippen LogP contribution in [0.25, 0.3) is 0 Å². The van der Waals surface area contributed by atoms with Gasteiger partial charge in [0, 0.05) is 0 Å². The van der Waals surface area contributed by atoms with Gasteiger partial charge in [0.1, 0.15) is 0 Å². The Kier molecular flexibility index (Phi) is 3.04. The van der Waals surface area contributed by atoms with E-state index in [-0.39, 0.29) is 0 Å². The Labute approximate surface area is 94.5 Å². The summed E-state index contributed by atoms with van der Waals surface area (Å²) in [5, 5.41) is 0. The summed E-state index contributed by atoms with van der Waals surface area (Å²) >= 11 is 0. The predicted octanol–water partition coefficient (Wildman–Crippen LogP) is 4.58. The lowest BCUT2D eigenvalue weighted by Crippen LogP contribution is -2.43. The molecule has 4 atom stereocenters.